The van der Waals surface area contributed by atoms with E-state index in [1.165, 1.54) is 12.1 Å². The number of phenolic OH excluding ortho intramolecular Hbond substituents is 1. The SMILES string of the molecule is Cc1ccc(-c2n[nH]c(=S)n2CC(=O)NCCCNC(=O)c2cccc(O)c2)cc1. The maximum Gasteiger partial charge on any atom is 0.251 e. The van der Waals surface area contributed by atoms with Crippen molar-refractivity contribution in [3.8, 4) is 17.1 Å². The first-order chi connectivity index (χ1) is 14.4. The number of amides is 2. The first kappa shape index (κ1) is 21.3. The van der Waals surface area contributed by atoms with Crippen LogP contribution in [0.5, 0.6) is 5.75 Å². The van der Waals surface area contributed by atoms with Gasteiger partial charge in [0.15, 0.2) is 10.6 Å². The number of benzene rings is 2. The number of aromatic amines is 1. The Morgan fingerprint density at radius 1 is 1.13 bits per heavy atom. The van der Waals surface area contributed by atoms with E-state index < -0.39 is 0 Å². The van der Waals surface area contributed by atoms with E-state index in [0.29, 0.717) is 35.7 Å². The van der Waals surface area contributed by atoms with E-state index >= 15 is 0 Å². The van der Waals surface area contributed by atoms with Gasteiger partial charge in [0, 0.05) is 24.2 Å². The highest BCUT2D eigenvalue weighted by atomic mass is 32.1. The predicted octanol–water partition coefficient (Wildman–Crippen LogP) is 2.56. The van der Waals surface area contributed by atoms with Crippen LogP contribution in [-0.2, 0) is 11.3 Å². The molecule has 156 valence electrons. The van der Waals surface area contributed by atoms with Gasteiger partial charge in [0.05, 0.1) is 0 Å². The van der Waals surface area contributed by atoms with Gasteiger partial charge in [0.1, 0.15) is 12.3 Å². The van der Waals surface area contributed by atoms with Crippen molar-refractivity contribution < 1.29 is 14.7 Å². The van der Waals surface area contributed by atoms with Crippen LogP contribution in [0.2, 0.25) is 0 Å². The summed E-state index contributed by atoms with van der Waals surface area (Å²) in [4.78, 5) is 24.3. The standard InChI is InChI=1S/C21H23N5O3S/c1-14-6-8-15(9-7-14)19-24-25-21(30)26(19)13-18(28)22-10-3-11-23-20(29)16-4-2-5-17(27)12-16/h2,4-9,12,27H,3,10-11,13H2,1H3,(H,22,28)(H,23,29)(H,25,30). The summed E-state index contributed by atoms with van der Waals surface area (Å²) in [6.45, 7) is 2.85. The second-order valence-electron chi connectivity index (χ2n) is 6.81. The highest BCUT2D eigenvalue weighted by Crippen LogP contribution is 2.17. The normalized spacial score (nSPS) is 10.6. The van der Waals surface area contributed by atoms with Gasteiger partial charge in [-0.3, -0.25) is 19.3 Å². The van der Waals surface area contributed by atoms with E-state index in [1.54, 1.807) is 16.7 Å². The number of phenols is 1. The first-order valence-corrected chi connectivity index (χ1v) is 9.91. The van der Waals surface area contributed by atoms with Crippen LogP contribution in [0.15, 0.2) is 48.5 Å². The van der Waals surface area contributed by atoms with Gasteiger partial charge in [-0.1, -0.05) is 35.9 Å². The van der Waals surface area contributed by atoms with Crippen molar-refractivity contribution in [3.05, 3.63) is 64.4 Å². The minimum atomic E-state index is -0.273. The third-order valence-electron chi connectivity index (χ3n) is 4.44. The summed E-state index contributed by atoms with van der Waals surface area (Å²) in [5, 5.41) is 22.0. The Morgan fingerprint density at radius 3 is 2.60 bits per heavy atom. The predicted molar refractivity (Wildman–Crippen MR) is 116 cm³/mol. The summed E-state index contributed by atoms with van der Waals surface area (Å²) >= 11 is 5.26. The van der Waals surface area contributed by atoms with Crippen LogP contribution < -0.4 is 10.6 Å². The molecule has 3 rings (SSSR count). The minimum absolute atomic E-state index is 0.0396. The molecule has 1 heterocycles. The fraction of sp³-hybridized carbons (Fsp3) is 0.238. The van der Waals surface area contributed by atoms with Crippen molar-refractivity contribution in [3.63, 3.8) is 0 Å². The van der Waals surface area contributed by atoms with E-state index in [1.807, 2.05) is 31.2 Å². The van der Waals surface area contributed by atoms with Crippen LogP contribution in [0.3, 0.4) is 0 Å². The summed E-state index contributed by atoms with van der Waals surface area (Å²) in [5.74, 6) is 0.177. The second kappa shape index (κ2) is 9.84. The molecule has 8 nitrogen and oxygen atoms in total. The number of rotatable bonds is 8. The minimum Gasteiger partial charge on any atom is -0.508 e. The average molecular weight is 426 g/mol. The summed E-state index contributed by atoms with van der Waals surface area (Å²) in [5.41, 5.74) is 2.39. The smallest absolute Gasteiger partial charge is 0.251 e. The molecule has 0 aliphatic carbocycles. The largest absolute Gasteiger partial charge is 0.508 e. The molecule has 0 radical (unpaired) electrons. The van der Waals surface area contributed by atoms with Crippen molar-refractivity contribution in [1.82, 2.24) is 25.4 Å². The Balaban J connectivity index is 1.46. The molecule has 3 aromatic rings. The zero-order valence-corrected chi connectivity index (χ0v) is 17.3. The molecule has 0 saturated carbocycles. The van der Waals surface area contributed by atoms with Crippen molar-refractivity contribution in [2.75, 3.05) is 13.1 Å². The van der Waals surface area contributed by atoms with Crippen LogP contribution in [0.25, 0.3) is 11.4 Å². The van der Waals surface area contributed by atoms with Gasteiger partial charge in [0.2, 0.25) is 5.91 Å². The van der Waals surface area contributed by atoms with Crippen molar-refractivity contribution in [2.24, 2.45) is 0 Å². The molecular formula is C21H23N5O3S. The van der Waals surface area contributed by atoms with Gasteiger partial charge < -0.3 is 15.7 Å². The van der Waals surface area contributed by atoms with Gasteiger partial charge in [-0.2, -0.15) is 5.10 Å². The number of hydrogen-bond acceptors (Lipinski definition) is 5. The average Bonchev–Trinajstić information content (AvgIpc) is 3.08. The number of aromatic hydroxyl groups is 1. The van der Waals surface area contributed by atoms with Crippen LogP contribution in [-0.4, -0.2) is 44.8 Å². The van der Waals surface area contributed by atoms with E-state index in [-0.39, 0.29) is 24.1 Å². The van der Waals surface area contributed by atoms with Crippen molar-refractivity contribution in [2.45, 2.75) is 19.9 Å². The quantitative estimate of drug-likeness (QED) is 0.327. The van der Waals surface area contributed by atoms with Crippen LogP contribution in [0, 0.1) is 11.7 Å². The molecule has 0 spiro atoms. The summed E-state index contributed by atoms with van der Waals surface area (Å²) in [6, 6.07) is 14.0. The number of hydrogen-bond donors (Lipinski definition) is 4. The van der Waals surface area contributed by atoms with E-state index in [0.717, 1.165) is 11.1 Å². The lowest BCUT2D eigenvalue weighted by molar-refractivity contribution is -0.121. The van der Waals surface area contributed by atoms with Crippen LogP contribution >= 0.6 is 12.2 Å². The Kier molecular flexibility index (Phi) is 6.97. The molecule has 0 atom stereocenters. The number of carbonyl (C=O) groups excluding carboxylic acids is 2. The Labute approximate surface area is 179 Å². The molecule has 4 N–H and O–H groups in total. The first-order valence-electron chi connectivity index (χ1n) is 9.50. The third-order valence-corrected chi connectivity index (χ3v) is 4.75. The Bertz CT molecular complexity index is 1090. The number of aromatic nitrogens is 3. The number of carbonyl (C=O) groups is 2. The number of nitrogens with zero attached hydrogens (tertiary/aromatic N) is 2. The number of nitrogens with one attached hydrogen (secondary N) is 3. The van der Waals surface area contributed by atoms with Crippen LogP contribution in [0.4, 0.5) is 0 Å². The zero-order valence-electron chi connectivity index (χ0n) is 16.5. The van der Waals surface area contributed by atoms with Crippen molar-refractivity contribution >= 4 is 24.0 Å². The van der Waals surface area contributed by atoms with Crippen LogP contribution in [0.1, 0.15) is 22.3 Å². The summed E-state index contributed by atoms with van der Waals surface area (Å²) in [7, 11) is 0. The van der Waals surface area contributed by atoms with Gasteiger partial charge >= 0.3 is 0 Å². The molecule has 0 bridgehead atoms. The highest BCUT2D eigenvalue weighted by Gasteiger charge is 2.12. The van der Waals surface area contributed by atoms with Gasteiger partial charge in [0.25, 0.3) is 5.91 Å². The molecule has 0 saturated heterocycles. The molecule has 9 heteroatoms. The zero-order chi connectivity index (χ0) is 21.5. The van der Waals surface area contributed by atoms with E-state index in [4.69, 9.17) is 12.2 Å². The van der Waals surface area contributed by atoms with E-state index in [9.17, 15) is 14.7 Å². The maximum absolute atomic E-state index is 12.3. The second-order valence-corrected chi connectivity index (χ2v) is 7.20. The lowest BCUT2D eigenvalue weighted by atomic mass is 10.1. The lowest BCUT2D eigenvalue weighted by Crippen LogP contribution is -2.32. The van der Waals surface area contributed by atoms with Gasteiger partial charge in [-0.25, -0.2) is 0 Å². The molecule has 1 aromatic heterocycles. The molecule has 0 aliphatic rings. The maximum atomic E-state index is 12.3. The molecule has 2 amide bonds. The fourth-order valence-electron chi connectivity index (χ4n) is 2.85. The number of H-pyrrole nitrogens is 1. The molecule has 0 aliphatic heterocycles. The molecule has 0 fully saturated rings. The van der Waals surface area contributed by atoms with Gasteiger partial charge in [-0.05, 0) is 43.8 Å². The molecule has 2 aromatic carbocycles. The number of aryl methyl sites for hydroxylation is 1. The fourth-order valence-corrected chi connectivity index (χ4v) is 3.05. The highest BCUT2D eigenvalue weighted by molar-refractivity contribution is 7.71. The summed E-state index contributed by atoms with van der Waals surface area (Å²) < 4.78 is 2.03. The Hall–Kier alpha value is -3.46. The topological polar surface area (TPSA) is 112 Å². The van der Waals surface area contributed by atoms with E-state index in [2.05, 4.69) is 20.8 Å². The van der Waals surface area contributed by atoms with Gasteiger partial charge in [-0.15, -0.1) is 0 Å². The summed E-state index contributed by atoms with van der Waals surface area (Å²) in [6.07, 6.45) is 0.567. The molecule has 30 heavy (non-hydrogen) atoms. The Morgan fingerprint density at radius 2 is 1.87 bits per heavy atom. The third kappa shape index (κ3) is 5.54. The monoisotopic (exact) mass is 425 g/mol. The molecule has 0 unspecified atom stereocenters. The lowest BCUT2D eigenvalue weighted by Gasteiger charge is -2.09. The van der Waals surface area contributed by atoms with Crippen molar-refractivity contribution in [1.29, 1.82) is 0 Å². The molecular weight excluding hydrogens is 402 g/mol.